The van der Waals surface area contributed by atoms with Gasteiger partial charge in [0.2, 0.25) is 0 Å². The first-order chi connectivity index (χ1) is 20.8. The molecule has 6 heterocycles. The highest BCUT2D eigenvalue weighted by Gasteiger charge is 2.46. The number of fused-ring (bicyclic) bond motifs is 2. The Morgan fingerprint density at radius 1 is 0.767 bits per heavy atom. The normalized spacial score (nSPS) is 28.9. The van der Waals surface area contributed by atoms with Crippen molar-refractivity contribution < 1.29 is 24.8 Å². The van der Waals surface area contributed by atoms with Gasteiger partial charge in [0, 0.05) is 5.75 Å². The van der Waals surface area contributed by atoms with E-state index in [0.717, 1.165) is 17.3 Å². The van der Waals surface area contributed by atoms with Gasteiger partial charge in [0.25, 0.3) is 0 Å². The smallest absolute Gasteiger partial charge is 0.167 e. The maximum Gasteiger partial charge on any atom is 0.167 e. The van der Waals surface area contributed by atoms with E-state index in [4.69, 9.17) is 20.9 Å². The Bertz CT molecular complexity index is 1510. The summed E-state index contributed by atoms with van der Waals surface area (Å²) in [5.74, 6) is 3.13. The Labute approximate surface area is 260 Å². The van der Waals surface area contributed by atoms with E-state index in [2.05, 4.69) is 36.8 Å². The summed E-state index contributed by atoms with van der Waals surface area (Å²) in [5.41, 5.74) is 13.9. The molecule has 2 aliphatic heterocycles. The van der Waals surface area contributed by atoms with E-state index in [-0.39, 0.29) is 29.4 Å². The molecule has 4 aromatic heterocycles. The highest BCUT2D eigenvalue weighted by Crippen LogP contribution is 2.40. The van der Waals surface area contributed by atoms with Gasteiger partial charge in [-0.3, -0.25) is 9.13 Å². The van der Waals surface area contributed by atoms with Crippen molar-refractivity contribution in [3.8, 4) is 0 Å². The highest BCUT2D eigenvalue weighted by atomic mass is 32.2. The number of anilines is 2. The van der Waals surface area contributed by atoms with Gasteiger partial charge >= 0.3 is 0 Å². The molecular weight excluding hydrogens is 617 g/mol. The summed E-state index contributed by atoms with van der Waals surface area (Å²) in [6.45, 7) is 3.84. The quantitative estimate of drug-likeness (QED) is 0.170. The van der Waals surface area contributed by atoms with Gasteiger partial charge in [-0.25, -0.2) is 29.9 Å². The molecule has 0 saturated carbocycles. The average molecular weight is 653 g/mol. The minimum absolute atomic E-state index is 0.0595. The molecule has 15 nitrogen and oxygen atoms in total. The maximum atomic E-state index is 10.6. The van der Waals surface area contributed by atoms with E-state index >= 15 is 0 Å². The number of aliphatic hydroxyl groups is 3. The molecule has 43 heavy (non-hydrogen) atoms. The van der Waals surface area contributed by atoms with Crippen LogP contribution in [0.5, 0.6) is 0 Å². The lowest BCUT2D eigenvalue weighted by Crippen LogP contribution is -2.31. The van der Waals surface area contributed by atoms with Gasteiger partial charge in [-0.2, -0.15) is 35.3 Å². The van der Waals surface area contributed by atoms with Gasteiger partial charge in [0.05, 0.1) is 48.1 Å². The predicted octanol–water partition coefficient (Wildman–Crippen LogP) is 0.932. The molecule has 0 unspecified atom stereocenters. The second-order valence-corrected chi connectivity index (χ2v) is 13.6. The molecule has 0 aromatic carbocycles. The van der Waals surface area contributed by atoms with Crippen LogP contribution in [0.1, 0.15) is 26.3 Å². The molecule has 2 fully saturated rings. The SMILES string of the molecule is CCS[C@@H]1[C@H](O)[C@@H](CO)O[C@H]1n1cnc2c(N)ncnc21.CCS[C@@H]1[C@H](O)[C@@H](CSC)O[C@H]1n1cnc2c(N)ncnc21. The fourth-order valence-corrected chi connectivity index (χ4v) is 8.03. The largest absolute Gasteiger partial charge is 0.394 e. The van der Waals surface area contributed by atoms with Crippen LogP contribution in [-0.2, 0) is 9.47 Å². The Kier molecular flexibility index (Phi) is 10.5. The van der Waals surface area contributed by atoms with Crippen LogP contribution in [0.4, 0.5) is 11.6 Å². The van der Waals surface area contributed by atoms with Crippen LogP contribution in [0.2, 0.25) is 0 Å². The fourth-order valence-electron chi connectivity index (χ4n) is 5.19. The van der Waals surface area contributed by atoms with Crippen molar-refractivity contribution in [3.63, 3.8) is 0 Å². The Balaban J connectivity index is 0.000000171. The summed E-state index contributed by atoms with van der Waals surface area (Å²) >= 11 is 4.93. The summed E-state index contributed by atoms with van der Waals surface area (Å²) in [7, 11) is 0. The van der Waals surface area contributed by atoms with Crippen LogP contribution >= 0.6 is 35.3 Å². The second-order valence-electron chi connectivity index (χ2n) is 9.76. The third-order valence-electron chi connectivity index (χ3n) is 7.18. The van der Waals surface area contributed by atoms with Crippen LogP contribution in [0, 0.1) is 0 Å². The number of aliphatic hydroxyl groups excluding tert-OH is 3. The fraction of sp³-hybridized carbons (Fsp3) is 0.600. The van der Waals surface area contributed by atoms with Crippen LogP contribution < -0.4 is 11.5 Å². The van der Waals surface area contributed by atoms with E-state index < -0.39 is 24.5 Å². The van der Waals surface area contributed by atoms with Gasteiger partial charge in [-0.1, -0.05) is 13.8 Å². The van der Waals surface area contributed by atoms with E-state index in [0.29, 0.717) is 34.0 Å². The van der Waals surface area contributed by atoms with E-state index in [9.17, 15) is 15.3 Å². The zero-order valence-corrected chi connectivity index (χ0v) is 26.3. The lowest BCUT2D eigenvalue weighted by atomic mass is 10.2. The molecule has 0 bridgehead atoms. The van der Waals surface area contributed by atoms with Gasteiger partial charge in [0.15, 0.2) is 35.4 Å². The monoisotopic (exact) mass is 652 g/mol. The molecular formula is C25H36N10O5S3. The number of imidazole rings is 2. The Hall–Kier alpha value is -2.45. The van der Waals surface area contributed by atoms with Crippen molar-refractivity contribution in [2.45, 2.75) is 61.2 Å². The topological polar surface area (TPSA) is 218 Å². The van der Waals surface area contributed by atoms with E-state index in [1.54, 1.807) is 52.5 Å². The number of hydrogen-bond acceptors (Lipinski definition) is 16. The number of thioether (sulfide) groups is 3. The first-order valence-corrected chi connectivity index (χ1v) is 17.2. The molecule has 18 heteroatoms. The summed E-state index contributed by atoms with van der Waals surface area (Å²) in [6.07, 6.45) is 5.20. The van der Waals surface area contributed by atoms with Crippen molar-refractivity contribution in [1.29, 1.82) is 0 Å². The summed E-state index contributed by atoms with van der Waals surface area (Å²) in [6, 6.07) is 0. The lowest BCUT2D eigenvalue weighted by Gasteiger charge is -2.20. The van der Waals surface area contributed by atoms with Gasteiger partial charge in [-0.15, -0.1) is 0 Å². The molecule has 0 radical (unpaired) electrons. The molecule has 2 saturated heterocycles. The first-order valence-electron chi connectivity index (χ1n) is 13.7. The summed E-state index contributed by atoms with van der Waals surface area (Å²) < 4.78 is 15.5. The minimum atomic E-state index is -0.749. The minimum Gasteiger partial charge on any atom is -0.394 e. The van der Waals surface area contributed by atoms with E-state index in [1.807, 2.05) is 17.7 Å². The van der Waals surface area contributed by atoms with Crippen LogP contribution in [0.25, 0.3) is 22.3 Å². The lowest BCUT2D eigenvalue weighted by molar-refractivity contribution is -0.0430. The van der Waals surface area contributed by atoms with Crippen molar-refractivity contribution >= 4 is 69.2 Å². The number of rotatable bonds is 9. The second kappa shape index (κ2) is 14.1. The molecule has 2 aliphatic rings. The third kappa shape index (κ3) is 6.24. The molecule has 8 atom stereocenters. The Morgan fingerprint density at radius 3 is 1.67 bits per heavy atom. The highest BCUT2D eigenvalue weighted by molar-refractivity contribution is 8.00. The van der Waals surface area contributed by atoms with Crippen molar-refractivity contribution in [3.05, 3.63) is 25.3 Å². The number of nitrogens with two attached hydrogens (primary N) is 2. The predicted molar refractivity (Wildman–Crippen MR) is 169 cm³/mol. The third-order valence-corrected chi connectivity index (χ3v) is 10.3. The van der Waals surface area contributed by atoms with Crippen molar-refractivity contribution in [2.24, 2.45) is 0 Å². The molecule has 6 rings (SSSR count). The van der Waals surface area contributed by atoms with Crippen LogP contribution in [0.3, 0.4) is 0 Å². The molecule has 0 amide bonds. The maximum absolute atomic E-state index is 10.6. The number of hydrogen-bond donors (Lipinski definition) is 5. The number of nitrogen functional groups attached to an aromatic ring is 2. The average Bonchev–Trinajstić information content (AvgIpc) is 3.76. The zero-order chi connectivity index (χ0) is 30.7. The summed E-state index contributed by atoms with van der Waals surface area (Å²) in [4.78, 5) is 24.8. The first kappa shape index (κ1) is 32.0. The molecule has 4 aromatic rings. The van der Waals surface area contributed by atoms with E-state index in [1.165, 1.54) is 12.7 Å². The molecule has 0 aliphatic carbocycles. The number of aromatic nitrogens is 8. The molecule has 7 N–H and O–H groups in total. The summed E-state index contributed by atoms with van der Waals surface area (Å²) in [5, 5.41) is 29.9. The van der Waals surface area contributed by atoms with Gasteiger partial charge < -0.3 is 36.3 Å². The standard InChI is InChI=1S/C13H19N5O2S2.C12H17N5O3S/c1-3-22-10-9(19)7(4-21-2)20-13(10)18-6-17-8-11(14)15-5-16-12(8)18;1-2-21-9-8(19)6(3-18)20-12(9)17-5-16-7-10(13)14-4-15-11(7)17/h5-7,9-10,13,19H,3-4H2,1-2H3,(H2,14,15,16);4-6,8-9,12,18-19H,2-3H2,1H3,(H2,13,14,15)/t7-,9-,10-,13-;6-,8-,9-,12-/m11/s1. The van der Waals surface area contributed by atoms with Crippen LogP contribution in [0.15, 0.2) is 25.3 Å². The molecule has 0 spiro atoms. The van der Waals surface area contributed by atoms with Crippen LogP contribution in [-0.4, -0.2) is 119 Å². The number of ether oxygens (including phenoxy) is 2. The molecule has 234 valence electrons. The van der Waals surface area contributed by atoms with Crippen molar-refractivity contribution in [1.82, 2.24) is 39.0 Å². The number of nitrogens with zero attached hydrogens (tertiary/aromatic N) is 8. The van der Waals surface area contributed by atoms with Crippen molar-refractivity contribution in [2.75, 3.05) is 41.6 Å². The van der Waals surface area contributed by atoms with Gasteiger partial charge in [-0.05, 0) is 17.8 Å². The zero-order valence-electron chi connectivity index (χ0n) is 23.9. The van der Waals surface area contributed by atoms with Gasteiger partial charge in [0.1, 0.15) is 29.8 Å². The Morgan fingerprint density at radius 2 is 1.23 bits per heavy atom.